The molecule has 1 aromatic rings. The fourth-order valence-corrected chi connectivity index (χ4v) is 3.78. The Bertz CT molecular complexity index is 622. The quantitative estimate of drug-likeness (QED) is 0.733. The summed E-state index contributed by atoms with van der Waals surface area (Å²) in [4.78, 5) is 26.9. The van der Waals surface area contributed by atoms with E-state index in [1.54, 1.807) is 4.90 Å². The molecule has 2 saturated heterocycles. The molecule has 2 fully saturated rings. The first-order valence-electron chi connectivity index (χ1n) is 8.61. The highest BCUT2D eigenvalue weighted by Gasteiger charge is 2.50. The van der Waals surface area contributed by atoms with E-state index in [1.165, 1.54) is 0 Å². The van der Waals surface area contributed by atoms with Crippen LogP contribution in [0.1, 0.15) is 35.2 Å². The number of nitrogens with zero attached hydrogens (tertiary/aromatic N) is 1. The highest BCUT2D eigenvalue weighted by molar-refractivity contribution is 5.95. The van der Waals surface area contributed by atoms with Gasteiger partial charge in [-0.2, -0.15) is 0 Å². The lowest BCUT2D eigenvalue weighted by Crippen LogP contribution is -2.62. The number of piperidine rings is 2. The van der Waals surface area contributed by atoms with E-state index in [1.807, 2.05) is 24.3 Å². The van der Waals surface area contributed by atoms with E-state index in [0.29, 0.717) is 38.0 Å². The van der Waals surface area contributed by atoms with Gasteiger partial charge in [0.1, 0.15) is 0 Å². The monoisotopic (exact) mass is 367 g/mol. The summed E-state index contributed by atoms with van der Waals surface area (Å²) >= 11 is 0. The van der Waals surface area contributed by atoms with Gasteiger partial charge >= 0.3 is 0 Å². The first kappa shape index (κ1) is 19.7. The van der Waals surface area contributed by atoms with Gasteiger partial charge < -0.3 is 21.1 Å². The van der Waals surface area contributed by atoms with E-state index in [4.69, 9.17) is 5.73 Å². The molecule has 7 heteroatoms. The fraction of sp³-hybridized carbons (Fsp3) is 0.556. The summed E-state index contributed by atoms with van der Waals surface area (Å²) in [5.74, 6) is -0.212. The maximum Gasteiger partial charge on any atom is 0.253 e. The molecule has 0 unspecified atom stereocenters. The maximum atomic E-state index is 12.8. The zero-order valence-electron chi connectivity index (χ0n) is 14.2. The van der Waals surface area contributed by atoms with Crippen LogP contribution in [0, 0.1) is 5.41 Å². The van der Waals surface area contributed by atoms with Crippen LogP contribution >= 0.6 is 12.4 Å². The molecule has 6 nitrogen and oxygen atoms in total. The summed E-state index contributed by atoms with van der Waals surface area (Å²) in [5, 5.41) is 13.3. The lowest BCUT2D eigenvalue weighted by molar-refractivity contribution is -0.147. The number of nitrogens with two attached hydrogens (primary N) is 1. The molecular formula is C18H26ClN3O3. The Kier molecular flexibility index (Phi) is 6.43. The van der Waals surface area contributed by atoms with Gasteiger partial charge in [-0.15, -0.1) is 12.4 Å². The van der Waals surface area contributed by atoms with Crippen LogP contribution in [0.5, 0.6) is 0 Å². The van der Waals surface area contributed by atoms with Crippen LogP contribution in [0.4, 0.5) is 0 Å². The fourth-order valence-electron chi connectivity index (χ4n) is 3.78. The molecule has 0 saturated carbocycles. The topological polar surface area (TPSA) is 95.7 Å². The van der Waals surface area contributed by atoms with Crippen LogP contribution < -0.4 is 11.1 Å². The van der Waals surface area contributed by atoms with Crippen LogP contribution in [0.3, 0.4) is 0 Å². The molecule has 1 aromatic carbocycles. The Morgan fingerprint density at radius 3 is 2.72 bits per heavy atom. The summed E-state index contributed by atoms with van der Waals surface area (Å²) in [7, 11) is 0. The lowest BCUT2D eigenvalue weighted by Gasteiger charge is -2.46. The van der Waals surface area contributed by atoms with Crippen molar-refractivity contribution in [2.75, 3.05) is 26.2 Å². The standard InChI is InChI=1S/C18H25N3O3.ClH/c19-9-6-13-2-4-14(5-3-13)16(23)21-11-7-15(22)18(12-21)8-1-10-20-17(18)24;/h2-5,15,22H,1,6-12,19H2,(H,20,24);1H/t15-,18-;/m1./s1. The number of likely N-dealkylation sites (tertiary alicyclic amines) is 1. The van der Waals surface area contributed by atoms with Crippen LogP contribution in [0.25, 0.3) is 0 Å². The Morgan fingerprint density at radius 1 is 1.36 bits per heavy atom. The van der Waals surface area contributed by atoms with Crippen molar-refractivity contribution in [2.45, 2.75) is 31.8 Å². The van der Waals surface area contributed by atoms with Gasteiger partial charge in [-0.3, -0.25) is 9.59 Å². The number of carbonyl (C=O) groups is 2. The molecule has 2 aliphatic heterocycles. The van der Waals surface area contributed by atoms with Crippen molar-refractivity contribution in [3.05, 3.63) is 35.4 Å². The molecule has 0 aliphatic carbocycles. The molecule has 25 heavy (non-hydrogen) atoms. The normalized spacial score (nSPS) is 26.1. The zero-order chi connectivity index (χ0) is 17.2. The van der Waals surface area contributed by atoms with Crippen LogP contribution in [0.15, 0.2) is 24.3 Å². The lowest BCUT2D eigenvalue weighted by atomic mass is 9.71. The molecule has 0 aromatic heterocycles. The van der Waals surface area contributed by atoms with Crippen LogP contribution in [-0.2, 0) is 11.2 Å². The third-order valence-electron chi connectivity index (χ3n) is 5.24. The van der Waals surface area contributed by atoms with Gasteiger partial charge in [0, 0.05) is 25.2 Å². The van der Waals surface area contributed by atoms with Gasteiger partial charge in [0.15, 0.2) is 0 Å². The minimum Gasteiger partial charge on any atom is -0.392 e. The Hall–Kier alpha value is -1.63. The second-order valence-corrected chi connectivity index (χ2v) is 6.78. The minimum atomic E-state index is -0.856. The third-order valence-corrected chi connectivity index (χ3v) is 5.24. The zero-order valence-corrected chi connectivity index (χ0v) is 15.1. The molecule has 4 N–H and O–H groups in total. The SMILES string of the molecule is Cl.NCCc1ccc(C(=O)N2CC[C@@H](O)[C@@]3(CCCNC3=O)C2)cc1. The molecule has 0 bridgehead atoms. The van der Waals surface area contributed by atoms with Crippen molar-refractivity contribution in [1.82, 2.24) is 10.2 Å². The number of hydrogen-bond acceptors (Lipinski definition) is 4. The molecule has 138 valence electrons. The number of hydrogen-bond donors (Lipinski definition) is 3. The molecule has 2 atom stereocenters. The highest BCUT2D eigenvalue weighted by Crippen LogP contribution is 2.37. The van der Waals surface area contributed by atoms with E-state index in [0.717, 1.165) is 18.4 Å². The minimum absolute atomic E-state index is 0. The van der Waals surface area contributed by atoms with Gasteiger partial charge in [-0.05, 0) is 49.9 Å². The first-order chi connectivity index (χ1) is 11.6. The Balaban J connectivity index is 0.00000225. The van der Waals surface area contributed by atoms with Crippen molar-refractivity contribution in [1.29, 1.82) is 0 Å². The number of benzene rings is 1. The van der Waals surface area contributed by atoms with Crippen molar-refractivity contribution < 1.29 is 14.7 Å². The van der Waals surface area contributed by atoms with Crippen molar-refractivity contribution in [3.63, 3.8) is 0 Å². The smallest absolute Gasteiger partial charge is 0.253 e. The van der Waals surface area contributed by atoms with Crippen molar-refractivity contribution in [2.24, 2.45) is 11.1 Å². The summed E-state index contributed by atoms with van der Waals surface area (Å²) in [6, 6.07) is 7.46. The average Bonchev–Trinajstić information content (AvgIpc) is 2.60. The van der Waals surface area contributed by atoms with E-state index < -0.39 is 11.5 Å². The van der Waals surface area contributed by atoms with E-state index >= 15 is 0 Å². The molecule has 1 spiro atoms. The summed E-state index contributed by atoms with van der Waals surface area (Å²) in [6.45, 7) is 1.97. The number of amides is 2. The molecule has 2 amide bonds. The van der Waals surface area contributed by atoms with E-state index in [-0.39, 0.29) is 30.8 Å². The van der Waals surface area contributed by atoms with Crippen LogP contribution in [-0.4, -0.2) is 54.1 Å². The number of aliphatic hydroxyl groups is 1. The number of aliphatic hydroxyl groups excluding tert-OH is 1. The maximum absolute atomic E-state index is 12.8. The van der Waals surface area contributed by atoms with Crippen molar-refractivity contribution in [3.8, 4) is 0 Å². The predicted molar refractivity (Wildman–Crippen MR) is 97.7 cm³/mol. The molecule has 2 aliphatic rings. The number of carbonyl (C=O) groups excluding carboxylic acids is 2. The predicted octanol–water partition coefficient (Wildman–Crippen LogP) is 0.713. The molecule has 3 rings (SSSR count). The van der Waals surface area contributed by atoms with Gasteiger partial charge in [0.05, 0.1) is 11.5 Å². The number of nitrogens with one attached hydrogen (secondary N) is 1. The second-order valence-electron chi connectivity index (χ2n) is 6.78. The molecule has 0 radical (unpaired) electrons. The van der Waals surface area contributed by atoms with Gasteiger partial charge in [0.25, 0.3) is 5.91 Å². The van der Waals surface area contributed by atoms with E-state index in [2.05, 4.69) is 5.32 Å². The Labute approximate surface area is 154 Å². The van der Waals surface area contributed by atoms with Crippen molar-refractivity contribution >= 4 is 24.2 Å². The molecule has 2 heterocycles. The summed E-state index contributed by atoms with van der Waals surface area (Å²) in [6.07, 6.45) is 1.99. The highest BCUT2D eigenvalue weighted by atomic mass is 35.5. The molecular weight excluding hydrogens is 342 g/mol. The second kappa shape index (κ2) is 8.17. The van der Waals surface area contributed by atoms with Gasteiger partial charge in [-0.25, -0.2) is 0 Å². The first-order valence-corrected chi connectivity index (χ1v) is 8.61. The number of rotatable bonds is 3. The third kappa shape index (κ3) is 3.81. The summed E-state index contributed by atoms with van der Waals surface area (Å²) < 4.78 is 0. The van der Waals surface area contributed by atoms with Crippen LogP contribution in [0.2, 0.25) is 0 Å². The van der Waals surface area contributed by atoms with E-state index in [9.17, 15) is 14.7 Å². The Morgan fingerprint density at radius 2 is 2.08 bits per heavy atom. The average molecular weight is 368 g/mol. The van der Waals surface area contributed by atoms with Gasteiger partial charge in [-0.1, -0.05) is 12.1 Å². The summed E-state index contributed by atoms with van der Waals surface area (Å²) in [5.41, 5.74) is 6.40. The van der Waals surface area contributed by atoms with Gasteiger partial charge in [0.2, 0.25) is 5.91 Å². The largest absolute Gasteiger partial charge is 0.392 e. The number of halogens is 1.